The lowest BCUT2D eigenvalue weighted by Gasteiger charge is -2.15. The van der Waals surface area contributed by atoms with Gasteiger partial charge in [0.2, 0.25) is 0 Å². The first kappa shape index (κ1) is 7.32. The summed E-state index contributed by atoms with van der Waals surface area (Å²) >= 11 is 0. The van der Waals surface area contributed by atoms with Crippen molar-refractivity contribution in [3.05, 3.63) is 12.2 Å². The van der Waals surface area contributed by atoms with Crippen LogP contribution in [0.5, 0.6) is 0 Å². The average molecular weight is 154 g/mol. The molecule has 0 aromatic rings. The maximum absolute atomic E-state index is 9.22. The van der Waals surface area contributed by atoms with Crippen LogP contribution in [0.1, 0.15) is 19.3 Å². The number of rotatable bonds is 1. The van der Waals surface area contributed by atoms with Crippen LogP contribution in [-0.2, 0) is 4.74 Å². The van der Waals surface area contributed by atoms with E-state index < -0.39 is 0 Å². The zero-order chi connectivity index (χ0) is 7.68. The molecule has 0 spiro atoms. The molecule has 1 unspecified atom stereocenters. The number of ether oxygens (including phenoxy) is 1. The lowest BCUT2D eigenvalue weighted by atomic mass is 9.99. The van der Waals surface area contributed by atoms with Gasteiger partial charge in [-0.25, -0.2) is 0 Å². The van der Waals surface area contributed by atoms with Crippen molar-refractivity contribution in [1.82, 2.24) is 0 Å². The highest BCUT2D eigenvalue weighted by Crippen LogP contribution is 2.28. The second-order valence-corrected chi connectivity index (χ2v) is 3.40. The van der Waals surface area contributed by atoms with Crippen LogP contribution in [-0.4, -0.2) is 23.9 Å². The number of aliphatic hydroxyl groups excluding tert-OH is 1. The van der Waals surface area contributed by atoms with Crippen LogP contribution in [0.3, 0.4) is 0 Å². The van der Waals surface area contributed by atoms with Crippen LogP contribution in [0.25, 0.3) is 0 Å². The highest BCUT2D eigenvalue weighted by Gasteiger charge is 2.28. The molecule has 1 saturated heterocycles. The van der Waals surface area contributed by atoms with E-state index in [1.807, 2.05) is 6.08 Å². The monoisotopic (exact) mass is 154 g/mol. The summed E-state index contributed by atoms with van der Waals surface area (Å²) in [5, 5.41) is 9.22. The highest BCUT2D eigenvalue weighted by molar-refractivity contribution is 5.05. The number of hydrogen-bond donors (Lipinski definition) is 1. The van der Waals surface area contributed by atoms with Gasteiger partial charge in [-0.15, -0.1) is 0 Å². The molecule has 0 saturated carbocycles. The van der Waals surface area contributed by atoms with E-state index in [-0.39, 0.29) is 6.10 Å². The summed E-state index contributed by atoms with van der Waals surface area (Å²) in [4.78, 5) is 0. The van der Waals surface area contributed by atoms with Crippen LogP contribution < -0.4 is 0 Å². The summed E-state index contributed by atoms with van der Waals surface area (Å²) in [5.41, 5.74) is 0. The molecule has 1 aliphatic carbocycles. The molecule has 1 aliphatic heterocycles. The molecule has 3 atom stereocenters. The minimum absolute atomic E-state index is 0.218. The minimum atomic E-state index is -0.218. The maximum Gasteiger partial charge on any atom is 0.0727 e. The Morgan fingerprint density at radius 1 is 1.36 bits per heavy atom. The van der Waals surface area contributed by atoms with Gasteiger partial charge in [0.1, 0.15) is 0 Å². The quantitative estimate of drug-likeness (QED) is 0.573. The summed E-state index contributed by atoms with van der Waals surface area (Å²) in [5.74, 6) is 0.479. The Balaban J connectivity index is 1.91. The molecule has 1 N–H and O–H groups in total. The highest BCUT2D eigenvalue weighted by atomic mass is 16.5. The summed E-state index contributed by atoms with van der Waals surface area (Å²) in [6, 6.07) is 0. The Labute approximate surface area is 66.9 Å². The van der Waals surface area contributed by atoms with Crippen LogP contribution in [0.2, 0.25) is 0 Å². The first-order chi connectivity index (χ1) is 5.36. The van der Waals surface area contributed by atoms with Gasteiger partial charge in [-0.2, -0.15) is 0 Å². The van der Waals surface area contributed by atoms with E-state index in [0.717, 1.165) is 13.0 Å². The molecule has 0 radical (unpaired) electrons. The third kappa shape index (κ3) is 1.47. The molecule has 1 fully saturated rings. The van der Waals surface area contributed by atoms with Gasteiger partial charge in [0.25, 0.3) is 0 Å². The van der Waals surface area contributed by atoms with E-state index >= 15 is 0 Å². The predicted octanol–water partition coefficient (Wildman–Crippen LogP) is 1.10. The molecule has 2 nitrogen and oxygen atoms in total. The molecule has 1 heterocycles. The second kappa shape index (κ2) is 2.95. The standard InChI is InChI=1S/C9H14O2/c10-8-4-3-7(6-8)9-2-1-5-11-9/h3-4,7-10H,1-2,5-6H2/t7-,8-,9?/m0/s1. The fourth-order valence-electron chi connectivity index (χ4n) is 1.92. The zero-order valence-corrected chi connectivity index (χ0v) is 6.57. The lowest BCUT2D eigenvalue weighted by molar-refractivity contribution is 0.0678. The lowest BCUT2D eigenvalue weighted by Crippen LogP contribution is -2.17. The van der Waals surface area contributed by atoms with Crippen molar-refractivity contribution in [3.8, 4) is 0 Å². The Kier molecular flexibility index (Phi) is 1.96. The maximum atomic E-state index is 9.22. The van der Waals surface area contributed by atoms with Crippen molar-refractivity contribution < 1.29 is 9.84 Å². The molecular weight excluding hydrogens is 140 g/mol. The Bertz CT molecular complexity index is 159. The molecule has 11 heavy (non-hydrogen) atoms. The molecular formula is C9H14O2. The first-order valence-electron chi connectivity index (χ1n) is 4.34. The smallest absolute Gasteiger partial charge is 0.0727 e. The molecule has 2 heteroatoms. The SMILES string of the molecule is O[C@H]1C=C[C@H](C2CCCO2)C1. The molecule has 0 aromatic carbocycles. The van der Waals surface area contributed by atoms with Crippen molar-refractivity contribution >= 4 is 0 Å². The molecule has 0 bridgehead atoms. The van der Waals surface area contributed by atoms with Crippen molar-refractivity contribution in [3.63, 3.8) is 0 Å². The Morgan fingerprint density at radius 2 is 2.27 bits per heavy atom. The van der Waals surface area contributed by atoms with Gasteiger partial charge in [0.15, 0.2) is 0 Å². The van der Waals surface area contributed by atoms with E-state index in [9.17, 15) is 5.11 Å². The van der Waals surface area contributed by atoms with Crippen molar-refractivity contribution in [2.45, 2.75) is 31.5 Å². The molecule has 62 valence electrons. The van der Waals surface area contributed by atoms with Crippen LogP contribution >= 0.6 is 0 Å². The molecule has 2 rings (SSSR count). The van der Waals surface area contributed by atoms with E-state index in [2.05, 4.69) is 6.08 Å². The molecule has 0 aromatic heterocycles. The Morgan fingerprint density at radius 3 is 2.82 bits per heavy atom. The summed E-state index contributed by atoms with van der Waals surface area (Å²) in [6.07, 6.45) is 7.37. The van der Waals surface area contributed by atoms with E-state index in [1.54, 1.807) is 0 Å². The molecule has 2 aliphatic rings. The summed E-state index contributed by atoms with van der Waals surface area (Å²) in [6.45, 7) is 0.908. The van der Waals surface area contributed by atoms with Gasteiger partial charge < -0.3 is 9.84 Å². The van der Waals surface area contributed by atoms with Gasteiger partial charge in [-0.05, 0) is 19.3 Å². The third-order valence-corrected chi connectivity index (χ3v) is 2.54. The van der Waals surface area contributed by atoms with Gasteiger partial charge in [-0.3, -0.25) is 0 Å². The fourth-order valence-corrected chi connectivity index (χ4v) is 1.92. The van der Waals surface area contributed by atoms with E-state index in [1.165, 1.54) is 12.8 Å². The van der Waals surface area contributed by atoms with E-state index in [4.69, 9.17) is 4.74 Å². The minimum Gasteiger partial charge on any atom is -0.389 e. The van der Waals surface area contributed by atoms with Crippen LogP contribution in [0, 0.1) is 5.92 Å². The topological polar surface area (TPSA) is 29.5 Å². The average Bonchev–Trinajstić information content (AvgIpc) is 2.55. The van der Waals surface area contributed by atoms with Gasteiger partial charge in [-0.1, -0.05) is 12.2 Å². The van der Waals surface area contributed by atoms with Gasteiger partial charge in [0.05, 0.1) is 12.2 Å². The normalized spacial score (nSPS) is 43.5. The first-order valence-corrected chi connectivity index (χ1v) is 4.34. The van der Waals surface area contributed by atoms with Gasteiger partial charge in [0, 0.05) is 12.5 Å². The van der Waals surface area contributed by atoms with Crippen molar-refractivity contribution in [2.75, 3.05) is 6.61 Å². The number of aliphatic hydroxyl groups is 1. The van der Waals surface area contributed by atoms with Gasteiger partial charge >= 0.3 is 0 Å². The largest absolute Gasteiger partial charge is 0.389 e. The number of hydrogen-bond acceptors (Lipinski definition) is 2. The van der Waals surface area contributed by atoms with Crippen LogP contribution in [0.4, 0.5) is 0 Å². The van der Waals surface area contributed by atoms with Crippen molar-refractivity contribution in [2.24, 2.45) is 5.92 Å². The van der Waals surface area contributed by atoms with Crippen molar-refractivity contribution in [1.29, 1.82) is 0 Å². The zero-order valence-electron chi connectivity index (χ0n) is 6.57. The summed E-state index contributed by atoms with van der Waals surface area (Å²) < 4.78 is 5.52. The fraction of sp³-hybridized carbons (Fsp3) is 0.778. The third-order valence-electron chi connectivity index (χ3n) is 2.54. The van der Waals surface area contributed by atoms with E-state index in [0.29, 0.717) is 12.0 Å². The second-order valence-electron chi connectivity index (χ2n) is 3.40. The Hall–Kier alpha value is -0.340. The molecule has 0 amide bonds. The van der Waals surface area contributed by atoms with Crippen LogP contribution in [0.15, 0.2) is 12.2 Å². The summed E-state index contributed by atoms with van der Waals surface area (Å²) in [7, 11) is 0. The predicted molar refractivity (Wildman–Crippen MR) is 42.2 cm³/mol.